The zero-order chi connectivity index (χ0) is 26.6. The minimum atomic E-state index is -3.87. The highest BCUT2D eigenvalue weighted by atomic mass is 32.2. The van der Waals surface area contributed by atoms with Crippen LogP contribution in [0.5, 0.6) is 0 Å². The van der Waals surface area contributed by atoms with E-state index in [1.54, 1.807) is 31.0 Å². The van der Waals surface area contributed by atoms with Crippen LogP contribution in [0, 0.1) is 11.3 Å². The van der Waals surface area contributed by atoms with Crippen molar-refractivity contribution in [3.8, 4) is 6.07 Å². The molecule has 3 heterocycles. The summed E-state index contributed by atoms with van der Waals surface area (Å²) in [6.45, 7) is 5.21. The lowest BCUT2D eigenvalue weighted by Crippen LogP contribution is -2.53. The quantitative estimate of drug-likeness (QED) is 0.548. The van der Waals surface area contributed by atoms with Gasteiger partial charge in [0.05, 0.1) is 41.8 Å². The van der Waals surface area contributed by atoms with Crippen molar-refractivity contribution in [1.29, 1.82) is 5.26 Å². The maximum atomic E-state index is 13.6. The Morgan fingerprint density at radius 3 is 2.68 bits per heavy atom. The smallest absolute Gasteiger partial charge is 0.275 e. The first-order valence-corrected chi connectivity index (χ1v) is 14.1. The molecule has 2 aromatic heterocycles. The topological polar surface area (TPSA) is 129 Å². The highest BCUT2D eigenvalue weighted by Crippen LogP contribution is 2.39. The molecular formula is C25H34N6O5S. The first-order chi connectivity index (χ1) is 17.5. The highest BCUT2D eigenvalue weighted by molar-refractivity contribution is 7.89. The Balaban J connectivity index is 1.62. The second kappa shape index (κ2) is 9.23. The van der Waals surface area contributed by atoms with E-state index in [4.69, 9.17) is 9.47 Å². The van der Waals surface area contributed by atoms with Crippen LogP contribution in [0.3, 0.4) is 0 Å². The van der Waals surface area contributed by atoms with E-state index < -0.39 is 27.0 Å². The summed E-state index contributed by atoms with van der Waals surface area (Å²) in [5.74, 6) is 0.196. The fraction of sp³-hybridized carbons (Fsp3) is 0.640. The maximum absolute atomic E-state index is 13.6. The summed E-state index contributed by atoms with van der Waals surface area (Å²) in [6, 6.07) is 5.38. The number of sulfonamides is 1. The lowest BCUT2D eigenvalue weighted by atomic mass is 9.76. The second-order valence-electron chi connectivity index (χ2n) is 10.8. The van der Waals surface area contributed by atoms with Gasteiger partial charge in [0.1, 0.15) is 17.7 Å². The molecule has 2 saturated carbocycles. The maximum Gasteiger partial charge on any atom is 0.275 e. The number of methoxy groups -OCH3 is 1. The van der Waals surface area contributed by atoms with Crippen molar-refractivity contribution in [1.82, 2.24) is 19.0 Å². The fourth-order valence-corrected chi connectivity index (χ4v) is 6.57. The first kappa shape index (κ1) is 25.9. The standard InChI is InChI=1S/C25H34N6O5S/c1-17-13-36-18(14-35-4)12-30(17)21-11-19(37(33,34)28-24(2)8-9-24)10-20-22(27-16-31(20)21)23(32)29(3)25(15-26)6-5-7-25/h10-11,16-18,28H,5-9,12-14H2,1-4H3/t17-,18+/m0/s1. The molecule has 0 spiro atoms. The van der Waals surface area contributed by atoms with Gasteiger partial charge in [-0.15, -0.1) is 0 Å². The van der Waals surface area contributed by atoms with Gasteiger partial charge in [0.15, 0.2) is 5.69 Å². The molecule has 0 unspecified atom stereocenters. The lowest BCUT2D eigenvalue weighted by molar-refractivity contribution is -0.0225. The number of hydrogen-bond acceptors (Lipinski definition) is 8. The van der Waals surface area contributed by atoms with Gasteiger partial charge in [-0.05, 0) is 58.1 Å². The van der Waals surface area contributed by atoms with Crippen LogP contribution in [0.1, 0.15) is 56.4 Å². The molecule has 12 heteroatoms. The zero-order valence-corrected chi connectivity index (χ0v) is 22.5. The fourth-order valence-electron chi connectivity index (χ4n) is 5.08. The van der Waals surface area contributed by atoms with Gasteiger partial charge in [-0.25, -0.2) is 18.1 Å². The number of hydrogen-bond donors (Lipinski definition) is 1. The van der Waals surface area contributed by atoms with E-state index in [0.29, 0.717) is 43.9 Å². The highest BCUT2D eigenvalue weighted by Gasteiger charge is 2.45. The molecule has 3 aliphatic rings. The van der Waals surface area contributed by atoms with Gasteiger partial charge in [0.25, 0.3) is 5.91 Å². The van der Waals surface area contributed by atoms with Crippen LogP contribution in [0.2, 0.25) is 0 Å². The SMILES string of the molecule is COC[C@H]1CN(c2cc(S(=O)(=O)NC3(C)CC3)cc3c(C(=O)N(C)C4(C#N)CCC4)ncn23)[C@@H](C)CO1. The Morgan fingerprint density at radius 1 is 1.35 bits per heavy atom. The van der Waals surface area contributed by atoms with E-state index in [1.165, 1.54) is 11.0 Å². The van der Waals surface area contributed by atoms with Crippen molar-refractivity contribution in [2.24, 2.45) is 0 Å². The summed E-state index contributed by atoms with van der Waals surface area (Å²) in [5, 5.41) is 9.76. The van der Waals surface area contributed by atoms with Crippen molar-refractivity contribution in [2.45, 2.75) is 74.1 Å². The van der Waals surface area contributed by atoms with Crippen molar-refractivity contribution in [3.63, 3.8) is 0 Å². The van der Waals surface area contributed by atoms with Gasteiger partial charge >= 0.3 is 0 Å². The molecule has 1 N–H and O–H groups in total. The van der Waals surface area contributed by atoms with E-state index in [9.17, 15) is 18.5 Å². The van der Waals surface area contributed by atoms with Crippen LogP contribution in [-0.2, 0) is 19.5 Å². The van der Waals surface area contributed by atoms with Crippen molar-refractivity contribution in [3.05, 3.63) is 24.2 Å². The number of amides is 1. The number of carbonyl (C=O) groups is 1. The summed E-state index contributed by atoms with van der Waals surface area (Å²) < 4.78 is 42.7. The number of fused-ring (bicyclic) bond motifs is 1. The molecule has 2 aromatic rings. The van der Waals surface area contributed by atoms with Crippen LogP contribution < -0.4 is 9.62 Å². The molecule has 1 saturated heterocycles. The van der Waals surface area contributed by atoms with Crippen LogP contribution in [0.15, 0.2) is 23.4 Å². The number of nitrogens with one attached hydrogen (secondary N) is 1. The number of rotatable bonds is 8. The van der Waals surface area contributed by atoms with Gasteiger partial charge in [-0.3, -0.25) is 9.20 Å². The van der Waals surface area contributed by atoms with E-state index in [0.717, 1.165) is 19.3 Å². The van der Waals surface area contributed by atoms with Crippen LogP contribution in [-0.4, -0.2) is 85.7 Å². The molecule has 0 aromatic carbocycles. The zero-order valence-electron chi connectivity index (χ0n) is 21.7. The third-order valence-corrected chi connectivity index (χ3v) is 9.60. The number of nitrogens with zero attached hydrogens (tertiary/aromatic N) is 5. The average Bonchev–Trinajstić information content (AvgIpc) is 3.38. The van der Waals surface area contributed by atoms with Gasteiger partial charge in [0, 0.05) is 26.2 Å². The minimum absolute atomic E-state index is 0.0516. The Morgan fingerprint density at radius 2 is 2.08 bits per heavy atom. The van der Waals surface area contributed by atoms with Gasteiger partial charge < -0.3 is 19.3 Å². The predicted octanol–water partition coefficient (Wildman–Crippen LogP) is 1.92. The number of aromatic nitrogens is 2. The number of carbonyl (C=O) groups excluding carboxylic acids is 1. The molecule has 37 heavy (non-hydrogen) atoms. The molecule has 3 fully saturated rings. The molecule has 200 valence electrons. The Bertz CT molecular complexity index is 1360. The van der Waals surface area contributed by atoms with E-state index in [2.05, 4.69) is 20.7 Å². The number of imidazole rings is 1. The van der Waals surface area contributed by atoms with Crippen molar-refractivity contribution < 1.29 is 22.7 Å². The number of pyridine rings is 1. The Labute approximate surface area is 217 Å². The second-order valence-corrected chi connectivity index (χ2v) is 12.5. The Kier molecular flexibility index (Phi) is 6.47. The molecule has 2 atom stereocenters. The van der Waals surface area contributed by atoms with Crippen LogP contribution in [0.4, 0.5) is 5.82 Å². The molecule has 0 radical (unpaired) electrons. The van der Waals surface area contributed by atoms with Crippen LogP contribution >= 0.6 is 0 Å². The third-order valence-electron chi connectivity index (χ3n) is 7.98. The monoisotopic (exact) mass is 530 g/mol. The average molecular weight is 531 g/mol. The molecule has 5 rings (SSSR count). The van der Waals surface area contributed by atoms with Gasteiger partial charge in [-0.1, -0.05) is 0 Å². The largest absolute Gasteiger partial charge is 0.382 e. The lowest BCUT2D eigenvalue weighted by Gasteiger charge is -2.42. The Hall–Kier alpha value is -2.72. The summed E-state index contributed by atoms with van der Waals surface area (Å²) in [7, 11) is -0.637. The van der Waals surface area contributed by atoms with Gasteiger partial charge in [-0.2, -0.15) is 5.26 Å². The number of morpholine rings is 1. The predicted molar refractivity (Wildman–Crippen MR) is 136 cm³/mol. The van der Waals surface area contributed by atoms with E-state index in [-0.39, 0.29) is 22.7 Å². The van der Waals surface area contributed by atoms with E-state index >= 15 is 0 Å². The third kappa shape index (κ3) is 4.58. The van der Waals surface area contributed by atoms with Gasteiger partial charge in [0.2, 0.25) is 10.0 Å². The summed E-state index contributed by atoms with van der Waals surface area (Å²) in [6.07, 6.45) is 5.00. The summed E-state index contributed by atoms with van der Waals surface area (Å²) in [4.78, 5) is 21.6. The summed E-state index contributed by atoms with van der Waals surface area (Å²) >= 11 is 0. The molecule has 1 amide bonds. The minimum Gasteiger partial charge on any atom is -0.382 e. The number of nitriles is 1. The molecular weight excluding hydrogens is 496 g/mol. The number of anilines is 1. The normalized spacial score (nSPS) is 24.4. The van der Waals surface area contributed by atoms with Crippen molar-refractivity contribution in [2.75, 3.05) is 38.8 Å². The summed E-state index contributed by atoms with van der Waals surface area (Å²) in [5.41, 5.74) is -0.809. The molecule has 1 aliphatic heterocycles. The molecule has 11 nitrogen and oxygen atoms in total. The molecule has 0 bridgehead atoms. The molecule has 2 aliphatic carbocycles. The first-order valence-electron chi connectivity index (χ1n) is 12.6. The van der Waals surface area contributed by atoms with Crippen LogP contribution in [0.25, 0.3) is 5.52 Å². The number of ether oxygens (including phenoxy) is 2. The van der Waals surface area contributed by atoms with Crippen molar-refractivity contribution >= 4 is 27.3 Å². The van der Waals surface area contributed by atoms with E-state index in [1.807, 2.05) is 13.8 Å².